The minimum absolute atomic E-state index is 0.169. The first-order valence-corrected chi connectivity index (χ1v) is 8.26. The second kappa shape index (κ2) is 6.22. The van der Waals surface area contributed by atoms with Crippen molar-refractivity contribution in [3.63, 3.8) is 0 Å². The summed E-state index contributed by atoms with van der Waals surface area (Å²) in [6, 6.07) is 6.21. The lowest BCUT2D eigenvalue weighted by Crippen LogP contribution is -2.38. The predicted octanol–water partition coefficient (Wildman–Crippen LogP) is 1.44. The molecule has 1 aliphatic heterocycles. The van der Waals surface area contributed by atoms with Crippen molar-refractivity contribution in [3.05, 3.63) is 29.8 Å². The fourth-order valence-corrected chi connectivity index (χ4v) is 3.66. The van der Waals surface area contributed by atoms with Gasteiger partial charge in [0.05, 0.1) is 17.6 Å². The first-order chi connectivity index (χ1) is 9.40. The minimum atomic E-state index is -3.57. The Bertz CT molecular complexity index is 550. The van der Waals surface area contributed by atoms with Crippen LogP contribution in [-0.4, -0.2) is 32.8 Å². The quantitative estimate of drug-likeness (QED) is 0.862. The van der Waals surface area contributed by atoms with Gasteiger partial charge in [-0.25, -0.2) is 13.1 Å². The van der Waals surface area contributed by atoms with Crippen LogP contribution in [0.4, 0.5) is 0 Å². The average molecular weight is 299 g/mol. The van der Waals surface area contributed by atoms with Gasteiger partial charge in [0.2, 0.25) is 10.0 Å². The molecule has 3 atom stereocenters. The van der Waals surface area contributed by atoms with Gasteiger partial charge in [-0.05, 0) is 38.0 Å². The van der Waals surface area contributed by atoms with E-state index in [0.717, 1.165) is 6.42 Å². The molecule has 1 aromatic carbocycles. The lowest BCUT2D eigenvalue weighted by atomic mass is 10.0. The predicted molar refractivity (Wildman–Crippen MR) is 75.8 cm³/mol. The van der Waals surface area contributed by atoms with Gasteiger partial charge >= 0.3 is 0 Å². The highest BCUT2D eigenvalue weighted by molar-refractivity contribution is 7.89. The molecule has 0 bridgehead atoms. The van der Waals surface area contributed by atoms with Gasteiger partial charge in [-0.2, -0.15) is 0 Å². The van der Waals surface area contributed by atoms with Crippen molar-refractivity contribution >= 4 is 10.0 Å². The standard InChI is InChI=1S/C14H21NO4S/c1-10(13-6-7-19-9-13)15-20(17,18)14-5-3-4-12(8-14)11(2)16/h3-5,8,10-11,13,15-16H,6-7,9H2,1-2H3. The molecule has 0 saturated carbocycles. The summed E-state index contributed by atoms with van der Waals surface area (Å²) in [4.78, 5) is 0.182. The van der Waals surface area contributed by atoms with Gasteiger partial charge in [0.1, 0.15) is 0 Å². The zero-order valence-electron chi connectivity index (χ0n) is 11.7. The maximum atomic E-state index is 12.3. The summed E-state index contributed by atoms with van der Waals surface area (Å²) in [6.45, 7) is 4.75. The molecule has 0 spiro atoms. The molecular formula is C14H21NO4S. The van der Waals surface area contributed by atoms with Crippen LogP contribution in [0.3, 0.4) is 0 Å². The van der Waals surface area contributed by atoms with Gasteiger partial charge < -0.3 is 9.84 Å². The monoisotopic (exact) mass is 299 g/mol. The van der Waals surface area contributed by atoms with E-state index in [0.29, 0.717) is 18.8 Å². The van der Waals surface area contributed by atoms with Gasteiger partial charge in [0.25, 0.3) is 0 Å². The summed E-state index contributed by atoms with van der Waals surface area (Å²) in [6.07, 6.45) is 0.183. The fourth-order valence-electron chi connectivity index (χ4n) is 2.30. The van der Waals surface area contributed by atoms with Crippen LogP contribution in [0.1, 0.15) is 31.9 Å². The fraction of sp³-hybridized carbons (Fsp3) is 0.571. The first kappa shape index (κ1) is 15.4. The molecule has 5 nitrogen and oxygen atoms in total. The third kappa shape index (κ3) is 3.58. The maximum Gasteiger partial charge on any atom is 0.240 e. The van der Waals surface area contributed by atoms with Gasteiger partial charge in [-0.1, -0.05) is 12.1 Å². The maximum absolute atomic E-state index is 12.3. The molecular weight excluding hydrogens is 278 g/mol. The van der Waals surface area contributed by atoms with Crippen LogP contribution in [0, 0.1) is 5.92 Å². The smallest absolute Gasteiger partial charge is 0.240 e. The van der Waals surface area contributed by atoms with Crippen molar-refractivity contribution in [2.24, 2.45) is 5.92 Å². The van der Waals surface area contributed by atoms with E-state index in [2.05, 4.69) is 4.72 Å². The van der Waals surface area contributed by atoms with Gasteiger partial charge in [-0.15, -0.1) is 0 Å². The van der Waals surface area contributed by atoms with Crippen molar-refractivity contribution < 1.29 is 18.3 Å². The number of aliphatic hydroxyl groups is 1. The highest BCUT2D eigenvalue weighted by Crippen LogP contribution is 2.20. The molecule has 2 N–H and O–H groups in total. The molecule has 6 heteroatoms. The van der Waals surface area contributed by atoms with Crippen LogP contribution >= 0.6 is 0 Å². The molecule has 20 heavy (non-hydrogen) atoms. The van der Waals surface area contributed by atoms with E-state index in [1.807, 2.05) is 6.92 Å². The van der Waals surface area contributed by atoms with Gasteiger partial charge in [0.15, 0.2) is 0 Å². The van der Waals surface area contributed by atoms with Crippen molar-refractivity contribution in [3.8, 4) is 0 Å². The molecule has 3 unspecified atom stereocenters. The summed E-state index contributed by atoms with van der Waals surface area (Å²) >= 11 is 0. The molecule has 0 amide bonds. The number of hydrogen-bond acceptors (Lipinski definition) is 4. The Labute approximate surface area is 120 Å². The van der Waals surface area contributed by atoms with Crippen LogP contribution in [-0.2, 0) is 14.8 Å². The first-order valence-electron chi connectivity index (χ1n) is 6.78. The van der Waals surface area contributed by atoms with Gasteiger partial charge in [-0.3, -0.25) is 0 Å². The summed E-state index contributed by atoms with van der Waals surface area (Å²) < 4.78 is 32.7. The molecule has 1 aliphatic rings. The molecule has 2 rings (SSSR count). The Morgan fingerprint density at radius 1 is 1.40 bits per heavy atom. The molecule has 0 aliphatic carbocycles. The van der Waals surface area contributed by atoms with E-state index < -0.39 is 16.1 Å². The third-order valence-corrected chi connectivity index (χ3v) is 5.22. The van der Waals surface area contributed by atoms with Crippen molar-refractivity contribution in [1.29, 1.82) is 0 Å². The van der Waals surface area contributed by atoms with Crippen molar-refractivity contribution in [1.82, 2.24) is 4.72 Å². The summed E-state index contributed by atoms with van der Waals surface area (Å²) in [5.74, 6) is 0.213. The molecule has 112 valence electrons. The third-order valence-electron chi connectivity index (χ3n) is 3.66. The SMILES string of the molecule is CC(O)c1cccc(S(=O)(=O)NC(C)C2CCOC2)c1. The Balaban J connectivity index is 2.15. The zero-order chi connectivity index (χ0) is 14.8. The van der Waals surface area contributed by atoms with Crippen LogP contribution in [0.5, 0.6) is 0 Å². The second-order valence-corrected chi connectivity index (χ2v) is 7.00. The van der Waals surface area contributed by atoms with Crippen LogP contribution < -0.4 is 4.72 Å². The van der Waals surface area contributed by atoms with Crippen molar-refractivity contribution in [2.75, 3.05) is 13.2 Å². The Morgan fingerprint density at radius 3 is 2.75 bits per heavy atom. The van der Waals surface area contributed by atoms with E-state index in [9.17, 15) is 13.5 Å². The minimum Gasteiger partial charge on any atom is -0.389 e. The lowest BCUT2D eigenvalue weighted by molar-refractivity contribution is 0.180. The number of hydrogen-bond donors (Lipinski definition) is 2. The molecule has 0 aromatic heterocycles. The summed E-state index contributed by atoms with van der Waals surface area (Å²) in [5, 5.41) is 9.54. The second-order valence-electron chi connectivity index (χ2n) is 5.28. The normalized spacial score (nSPS) is 22.6. The number of ether oxygens (including phenoxy) is 1. The number of benzene rings is 1. The number of nitrogens with one attached hydrogen (secondary N) is 1. The molecule has 1 heterocycles. The van der Waals surface area contributed by atoms with E-state index in [1.165, 1.54) is 12.1 Å². The van der Waals surface area contributed by atoms with Crippen LogP contribution in [0.2, 0.25) is 0 Å². The average Bonchev–Trinajstić information content (AvgIpc) is 2.92. The van der Waals surface area contributed by atoms with Crippen LogP contribution in [0.15, 0.2) is 29.2 Å². The molecule has 1 fully saturated rings. The Kier molecular flexibility index (Phi) is 4.80. The van der Waals surface area contributed by atoms with E-state index >= 15 is 0 Å². The molecule has 1 saturated heterocycles. The molecule has 1 aromatic rings. The number of rotatable bonds is 5. The highest BCUT2D eigenvalue weighted by atomic mass is 32.2. The Hall–Kier alpha value is -0.950. The molecule has 0 radical (unpaired) electrons. The highest BCUT2D eigenvalue weighted by Gasteiger charge is 2.26. The summed E-state index contributed by atoms with van der Waals surface area (Å²) in [5.41, 5.74) is 0.588. The topological polar surface area (TPSA) is 75.6 Å². The van der Waals surface area contributed by atoms with Gasteiger partial charge in [0, 0.05) is 18.6 Å². The summed E-state index contributed by atoms with van der Waals surface area (Å²) in [7, 11) is -3.57. The number of sulfonamides is 1. The van der Waals surface area contributed by atoms with E-state index in [4.69, 9.17) is 4.74 Å². The van der Waals surface area contributed by atoms with E-state index in [-0.39, 0.29) is 16.9 Å². The lowest BCUT2D eigenvalue weighted by Gasteiger charge is -2.19. The zero-order valence-corrected chi connectivity index (χ0v) is 12.6. The van der Waals surface area contributed by atoms with E-state index in [1.54, 1.807) is 19.1 Å². The van der Waals surface area contributed by atoms with Crippen LogP contribution in [0.25, 0.3) is 0 Å². The number of aliphatic hydroxyl groups excluding tert-OH is 1. The van der Waals surface area contributed by atoms with Crippen molar-refractivity contribution in [2.45, 2.75) is 37.3 Å². The largest absolute Gasteiger partial charge is 0.389 e. The Morgan fingerprint density at radius 2 is 2.15 bits per heavy atom.